The molecule has 2 aliphatic rings. The van der Waals surface area contributed by atoms with Gasteiger partial charge in [-0.3, -0.25) is 9.89 Å². The van der Waals surface area contributed by atoms with Crippen LogP contribution in [-0.2, 0) is 4.74 Å². The first-order chi connectivity index (χ1) is 11.7. The molecule has 2 N–H and O–H groups in total. The highest BCUT2D eigenvalue weighted by atomic mass is 127. The maximum absolute atomic E-state index is 5.56. The number of halogens is 1. The fourth-order valence-corrected chi connectivity index (χ4v) is 4.74. The summed E-state index contributed by atoms with van der Waals surface area (Å²) in [4.78, 5) is 6.89. The van der Waals surface area contributed by atoms with E-state index in [0.29, 0.717) is 6.04 Å². The van der Waals surface area contributed by atoms with E-state index in [1.54, 1.807) is 0 Å². The molecule has 2 heterocycles. The Morgan fingerprint density at radius 2 is 2.04 bits per heavy atom. The molecule has 2 fully saturated rings. The van der Waals surface area contributed by atoms with Crippen LogP contribution in [0.4, 0.5) is 0 Å². The Morgan fingerprint density at radius 3 is 2.60 bits per heavy atom. The summed E-state index contributed by atoms with van der Waals surface area (Å²) in [5.74, 6) is 2.09. The van der Waals surface area contributed by atoms with Crippen molar-refractivity contribution in [2.75, 3.05) is 52.2 Å². The van der Waals surface area contributed by atoms with Crippen molar-refractivity contribution in [3.05, 3.63) is 12.7 Å². The van der Waals surface area contributed by atoms with Gasteiger partial charge < -0.3 is 15.4 Å². The molecule has 0 aromatic heterocycles. The third-order valence-corrected chi connectivity index (χ3v) is 6.43. The molecule has 5 nitrogen and oxygen atoms in total. The van der Waals surface area contributed by atoms with E-state index < -0.39 is 0 Å². The van der Waals surface area contributed by atoms with Crippen LogP contribution in [0.15, 0.2) is 17.6 Å². The molecule has 2 aliphatic heterocycles. The zero-order valence-electron chi connectivity index (χ0n) is 15.8. The van der Waals surface area contributed by atoms with Crippen molar-refractivity contribution < 1.29 is 4.74 Å². The van der Waals surface area contributed by atoms with E-state index in [9.17, 15) is 0 Å². The molecular formula is C18H35IN4OS. The molecule has 0 bridgehead atoms. The van der Waals surface area contributed by atoms with Gasteiger partial charge in [0.05, 0.1) is 0 Å². The highest BCUT2D eigenvalue weighted by Crippen LogP contribution is 2.34. The lowest BCUT2D eigenvalue weighted by atomic mass is 9.99. The van der Waals surface area contributed by atoms with Crippen molar-refractivity contribution in [3.63, 3.8) is 0 Å². The summed E-state index contributed by atoms with van der Waals surface area (Å²) in [5, 5.41) is 7.19. The molecule has 2 rings (SSSR count). The molecule has 146 valence electrons. The van der Waals surface area contributed by atoms with Crippen LogP contribution in [0.1, 0.15) is 32.6 Å². The van der Waals surface area contributed by atoms with Crippen LogP contribution < -0.4 is 10.6 Å². The molecule has 0 aromatic rings. The molecule has 0 aromatic carbocycles. The average Bonchev–Trinajstić information content (AvgIpc) is 2.61. The minimum Gasteiger partial charge on any atom is -0.381 e. The lowest BCUT2D eigenvalue weighted by molar-refractivity contribution is 0.0781. The standard InChI is InChI=1S/C18H34N4OS.HI/c1-4-10-22-11-6-16(7-12-22)21-17(19-3)20-15-18(24-5-2)8-13-23-14-9-18;/h4,16H,1,5-15H2,2-3H3,(H2,19,20,21);1H. The van der Waals surface area contributed by atoms with Crippen LogP contribution in [0.3, 0.4) is 0 Å². The normalized spacial score (nSPS) is 22.1. The lowest BCUT2D eigenvalue weighted by Crippen LogP contribution is -2.52. The van der Waals surface area contributed by atoms with Crippen molar-refractivity contribution in [3.8, 4) is 0 Å². The summed E-state index contributed by atoms with van der Waals surface area (Å²) >= 11 is 2.06. The summed E-state index contributed by atoms with van der Waals surface area (Å²) in [6.45, 7) is 12.1. The monoisotopic (exact) mass is 482 g/mol. The van der Waals surface area contributed by atoms with Crippen molar-refractivity contribution >= 4 is 41.7 Å². The maximum atomic E-state index is 5.56. The molecule has 7 heteroatoms. The number of aliphatic imine (C=N–C) groups is 1. The highest BCUT2D eigenvalue weighted by Gasteiger charge is 2.33. The predicted molar refractivity (Wildman–Crippen MR) is 120 cm³/mol. The first kappa shape index (κ1) is 23.0. The fraction of sp³-hybridized carbons (Fsp3) is 0.833. The van der Waals surface area contributed by atoms with Gasteiger partial charge in [-0.05, 0) is 31.4 Å². The molecule has 0 radical (unpaired) electrons. The Bertz CT molecular complexity index is 402. The summed E-state index contributed by atoms with van der Waals surface area (Å²) in [5.41, 5.74) is 0. The summed E-state index contributed by atoms with van der Waals surface area (Å²) in [7, 11) is 1.87. The van der Waals surface area contributed by atoms with Crippen LogP contribution in [0, 0.1) is 0 Å². The van der Waals surface area contributed by atoms with E-state index >= 15 is 0 Å². The van der Waals surface area contributed by atoms with E-state index in [4.69, 9.17) is 4.74 Å². The minimum absolute atomic E-state index is 0. The van der Waals surface area contributed by atoms with Crippen LogP contribution >= 0.6 is 35.7 Å². The minimum atomic E-state index is 0. The molecule has 0 unspecified atom stereocenters. The lowest BCUT2D eigenvalue weighted by Gasteiger charge is -2.37. The quantitative estimate of drug-likeness (QED) is 0.253. The third-order valence-electron chi connectivity index (χ3n) is 4.97. The molecule has 0 saturated carbocycles. The van der Waals surface area contributed by atoms with Gasteiger partial charge in [0.25, 0.3) is 0 Å². The van der Waals surface area contributed by atoms with Gasteiger partial charge in [-0.15, -0.1) is 30.6 Å². The summed E-state index contributed by atoms with van der Waals surface area (Å²) < 4.78 is 5.85. The Balaban J connectivity index is 0.00000312. The molecule has 0 amide bonds. The number of hydrogen-bond donors (Lipinski definition) is 2. The Hall–Kier alpha value is 0.01000. The third kappa shape index (κ3) is 7.64. The second-order valence-corrected chi connectivity index (χ2v) is 8.39. The Labute approximate surface area is 174 Å². The van der Waals surface area contributed by atoms with E-state index in [1.165, 1.54) is 0 Å². The van der Waals surface area contributed by atoms with Gasteiger partial charge in [0.15, 0.2) is 5.96 Å². The summed E-state index contributed by atoms with van der Waals surface area (Å²) in [6, 6.07) is 0.515. The zero-order chi connectivity index (χ0) is 17.3. The van der Waals surface area contributed by atoms with Gasteiger partial charge in [-0.1, -0.05) is 13.0 Å². The number of nitrogens with one attached hydrogen (secondary N) is 2. The second kappa shape index (κ2) is 12.4. The number of nitrogens with zero attached hydrogens (tertiary/aromatic N) is 2. The zero-order valence-corrected chi connectivity index (χ0v) is 18.9. The highest BCUT2D eigenvalue weighted by molar-refractivity contribution is 14.0. The largest absolute Gasteiger partial charge is 0.381 e. The van der Waals surface area contributed by atoms with Gasteiger partial charge >= 0.3 is 0 Å². The predicted octanol–water partition coefficient (Wildman–Crippen LogP) is 2.72. The van der Waals surface area contributed by atoms with Crippen LogP contribution in [-0.4, -0.2) is 73.8 Å². The number of thioether (sulfide) groups is 1. The number of likely N-dealkylation sites (tertiary alicyclic amines) is 1. The topological polar surface area (TPSA) is 48.9 Å². The van der Waals surface area contributed by atoms with Crippen LogP contribution in [0.2, 0.25) is 0 Å². The van der Waals surface area contributed by atoms with Crippen molar-refractivity contribution in [1.82, 2.24) is 15.5 Å². The number of piperidine rings is 1. The van der Waals surface area contributed by atoms with Gasteiger partial charge in [0, 0.05) is 57.2 Å². The van der Waals surface area contributed by atoms with E-state index in [2.05, 4.69) is 45.8 Å². The van der Waals surface area contributed by atoms with Crippen molar-refractivity contribution in [2.24, 2.45) is 4.99 Å². The Kier molecular flexibility index (Phi) is 11.4. The molecule has 2 saturated heterocycles. The van der Waals surface area contributed by atoms with Gasteiger partial charge in [0.1, 0.15) is 0 Å². The van der Waals surface area contributed by atoms with Crippen LogP contribution in [0.25, 0.3) is 0 Å². The van der Waals surface area contributed by atoms with E-state index in [1.807, 2.05) is 13.1 Å². The Morgan fingerprint density at radius 1 is 1.36 bits per heavy atom. The number of hydrogen-bond acceptors (Lipinski definition) is 4. The first-order valence-corrected chi connectivity index (χ1v) is 10.2. The second-order valence-electron chi connectivity index (χ2n) is 6.66. The molecule has 0 aliphatic carbocycles. The van der Waals surface area contributed by atoms with Gasteiger partial charge in [0.2, 0.25) is 0 Å². The first-order valence-electron chi connectivity index (χ1n) is 9.23. The molecule has 0 atom stereocenters. The number of guanidine groups is 1. The SMILES string of the molecule is C=CCN1CCC(NC(=NC)NCC2(SCC)CCOCC2)CC1.I. The molecular weight excluding hydrogens is 447 g/mol. The van der Waals surface area contributed by atoms with E-state index in [-0.39, 0.29) is 28.7 Å². The number of ether oxygens (including phenoxy) is 1. The average molecular weight is 482 g/mol. The molecule has 0 spiro atoms. The smallest absolute Gasteiger partial charge is 0.191 e. The maximum Gasteiger partial charge on any atom is 0.191 e. The van der Waals surface area contributed by atoms with Crippen molar-refractivity contribution in [2.45, 2.75) is 43.4 Å². The van der Waals surface area contributed by atoms with Gasteiger partial charge in [-0.2, -0.15) is 11.8 Å². The summed E-state index contributed by atoms with van der Waals surface area (Å²) in [6.07, 6.45) is 6.56. The fourth-order valence-electron chi connectivity index (χ4n) is 3.50. The molecule has 25 heavy (non-hydrogen) atoms. The van der Waals surface area contributed by atoms with Crippen LogP contribution in [0.5, 0.6) is 0 Å². The van der Waals surface area contributed by atoms with Gasteiger partial charge in [-0.25, -0.2) is 0 Å². The number of rotatable bonds is 7. The van der Waals surface area contributed by atoms with Crippen molar-refractivity contribution in [1.29, 1.82) is 0 Å². The van der Waals surface area contributed by atoms with E-state index in [0.717, 1.165) is 76.8 Å².